The number of amides is 1. The average molecular weight is 281 g/mol. The van der Waals surface area contributed by atoms with Crippen LogP contribution in [0, 0.1) is 0 Å². The van der Waals surface area contributed by atoms with Gasteiger partial charge in [0.1, 0.15) is 5.75 Å². The summed E-state index contributed by atoms with van der Waals surface area (Å²) in [6.07, 6.45) is 1.45. The maximum absolute atomic E-state index is 11.6. The van der Waals surface area contributed by atoms with E-state index >= 15 is 0 Å². The highest BCUT2D eigenvalue weighted by atomic mass is 35.5. The lowest BCUT2D eigenvalue weighted by molar-refractivity contribution is 0.0959. The second-order valence-corrected chi connectivity index (χ2v) is 5.11. The molecule has 1 aromatic heterocycles. The lowest BCUT2D eigenvalue weighted by atomic mass is 10.2. The van der Waals surface area contributed by atoms with E-state index in [1.807, 2.05) is 0 Å². The summed E-state index contributed by atoms with van der Waals surface area (Å²) in [5.74, 6) is -0.168. The van der Waals surface area contributed by atoms with E-state index in [-0.39, 0.29) is 11.7 Å². The molecule has 2 aromatic rings. The topological polar surface area (TPSA) is 61.7 Å². The highest BCUT2D eigenvalue weighted by Crippen LogP contribution is 2.21. The number of halogens is 1. The SMILES string of the molecule is O=C(NN=Cc1cccc(O)c1)c1ccc(Cl)s1. The van der Waals surface area contributed by atoms with E-state index < -0.39 is 0 Å². The number of carbonyl (C=O) groups is 1. The van der Waals surface area contributed by atoms with Gasteiger partial charge in [0, 0.05) is 0 Å². The third-order valence-electron chi connectivity index (χ3n) is 2.05. The number of carbonyl (C=O) groups excluding carboxylic acids is 1. The first-order valence-corrected chi connectivity index (χ1v) is 6.22. The van der Waals surface area contributed by atoms with E-state index in [1.54, 1.807) is 30.3 Å². The van der Waals surface area contributed by atoms with Gasteiger partial charge in [-0.25, -0.2) is 5.43 Å². The van der Waals surface area contributed by atoms with Crippen molar-refractivity contribution in [3.8, 4) is 5.75 Å². The minimum absolute atomic E-state index is 0.148. The van der Waals surface area contributed by atoms with Crippen LogP contribution in [0.3, 0.4) is 0 Å². The Balaban J connectivity index is 1.97. The van der Waals surface area contributed by atoms with Crippen molar-refractivity contribution in [3.05, 3.63) is 51.2 Å². The molecule has 1 aromatic carbocycles. The Bertz CT molecular complexity index is 595. The van der Waals surface area contributed by atoms with Gasteiger partial charge in [0.05, 0.1) is 15.4 Å². The normalized spacial score (nSPS) is 10.7. The molecule has 0 saturated carbocycles. The van der Waals surface area contributed by atoms with Crippen molar-refractivity contribution < 1.29 is 9.90 Å². The largest absolute Gasteiger partial charge is 0.508 e. The Labute approximate surface area is 113 Å². The highest BCUT2D eigenvalue weighted by molar-refractivity contribution is 7.17. The third kappa shape index (κ3) is 3.32. The molecule has 0 bridgehead atoms. The second kappa shape index (κ2) is 5.66. The molecule has 0 atom stereocenters. The minimum atomic E-state index is -0.316. The van der Waals surface area contributed by atoms with Crippen LogP contribution in [0.1, 0.15) is 15.2 Å². The Kier molecular flexibility index (Phi) is 3.96. The van der Waals surface area contributed by atoms with Gasteiger partial charge in [0.2, 0.25) is 0 Å². The van der Waals surface area contributed by atoms with Gasteiger partial charge >= 0.3 is 0 Å². The smallest absolute Gasteiger partial charge is 0.281 e. The quantitative estimate of drug-likeness (QED) is 0.671. The van der Waals surface area contributed by atoms with Crippen LogP contribution in [0.5, 0.6) is 5.75 Å². The summed E-state index contributed by atoms with van der Waals surface area (Å²) in [6, 6.07) is 9.84. The molecule has 92 valence electrons. The van der Waals surface area contributed by atoms with E-state index in [0.717, 1.165) is 0 Å². The van der Waals surface area contributed by atoms with Crippen LogP contribution in [0.25, 0.3) is 0 Å². The maximum Gasteiger partial charge on any atom is 0.281 e. The van der Waals surface area contributed by atoms with E-state index in [1.165, 1.54) is 23.6 Å². The minimum Gasteiger partial charge on any atom is -0.508 e. The summed E-state index contributed by atoms with van der Waals surface area (Å²) in [5, 5.41) is 13.0. The van der Waals surface area contributed by atoms with Gasteiger partial charge in [0.25, 0.3) is 5.91 Å². The van der Waals surface area contributed by atoms with E-state index in [9.17, 15) is 9.90 Å². The van der Waals surface area contributed by atoms with Gasteiger partial charge in [-0.15, -0.1) is 11.3 Å². The van der Waals surface area contributed by atoms with Gasteiger partial charge in [-0.2, -0.15) is 5.10 Å². The molecule has 0 aliphatic carbocycles. The number of benzene rings is 1. The summed E-state index contributed by atoms with van der Waals surface area (Å²) >= 11 is 6.91. The number of aromatic hydroxyl groups is 1. The molecule has 0 aliphatic rings. The molecule has 2 rings (SSSR count). The van der Waals surface area contributed by atoms with Crippen molar-refractivity contribution in [2.75, 3.05) is 0 Å². The number of phenolic OH excluding ortho intramolecular Hbond substituents is 1. The van der Waals surface area contributed by atoms with Crippen molar-refractivity contribution in [1.82, 2.24) is 5.43 Å². The summed E-state index contributed by atoms with van der Waals surface area (Å²) < 4.78 is 0.553. The molecular formula is C12H9ClN2O2S. The van der Waals surface area contributed by atoms with Gasteiger partial charge in [-0.3, -0.25) is 4.79 Å². The van der Waals surface area contributed by atoms with E-state index in [4.69, 9.17) is 11.6 Å². The lowest BCUT2D eigenvalue weighted by Gasteiger charge is -1.96. The van der Waals surface area contributed by atoms with Gasteiger partial charge in [0.15, 0.2) is 0 Å². The second-order valence-electron chi connectivity index (χ2n) is 3.40. The fraction of sp³-hybridized carbons (Fsp3) is 0. The Morgan fingerprint density at radius 2 is 2.22 bits per heavy atom. The summed E-state index contributed by atoms with van der Waals surface area (Å²) in [6.45, 7) is 0. The Morgan fingerprint density at radius 3 is 2.89 bits per heavy atom. The molecule has 2 N–H and O–H groups in total. The van der Waals surface area contributed by atoms with Crippen LogP contribution in [0.15, 0.2) is 41.5 Å². The monoisotopic (exact) mass is 280 g/mol. The van der Waals surface area contributed by atoms with Crippen LogP contribution < -0.4 is 5.43 Å². The number of hydrogen-bond acceptors (Lipinski definition) is 4. The molecule has 0 spiro atoms. The molecule has 0 aliphatic heterocycles. The number of thiophene rings is 1. The van der Waals surface area contributed by atoms with Crippen molar-refractivity contribution in [2.45, 2.75) is 0 Å². The number of hydrazone groups is 1. The van der Waals surface area contributed by atoms with E-state index in [0.29, 0.717) is 14.8 Å². The fourth-order valence-electron chi connectivity index (χ4n) is 1.26. The zero-order valence-electron chi connectivity index (χ0n) is 9.13. The lowest BCUT2D eigenvalue weighted by Crippen LogP contribution is -2.16. The summed E-state index contributed by atoms with van der Waals surface area (Å²) in [7, 11) is 0. The van der Waals surface area contributed by atoms with Crippen LogP contribution in [-0.4, -0.2) is 17.2 Å². The van der Waals surface area contributed by atoms with Crippen molar-refractivity contribution in [2.24, 2.45) is 5.10 Å². The summed E-state index contributed by atoms with van der Waals surface area (Å²) in [5.41, 5.74) is 3.07. The molecular weight excluding hydrogens is 272 g/mol. The molecule has 18 heavy (non-hydrogen) atoms. The molecule has 1 amide bonds. The van der Waals surface area contributed by atoms with Crippen LogP contribution in [-0.2, 0) is 0 Å². The van der Waals surface area contributed by atoms with Crippen molar-refractivity contribution >= 4 is 35.1 Å². The first kappa shape index (κ1) is 12.6. The van der Waals surface area contributed by atoms with Crippen molar-refractivity contribution in [1.29, 1.82) is 0 Å². The average Bonchev–Trinajstić information content (AvgIpc) is 2.76. The maximum atomic E-state index is 11.6. The predicted molar refractivity (Wildman–Crippen MR) is 72.5 cm³/mol. The van der Waals surface area contributed by atoms with Gasteiger partial charge < -0.3 is 5.11 Å². The Morgan fingerprint density at radius 1 is 1.39 bits per heavy atom. The number of phenols is 1. The van der Waals surface area contributed by atoms with Crippen LogP contribution in [0.4, 0.5) is 0 Å². The van der Waals surface area contributed by atoms with Crippen LogP contribution >= 0.6 is 22.9 Å². The number of rotatable bonds is 3. The standard InChI is InChI=1S/C12H9ClN2O2S/c13-11-5-4-10(18-11)12(17)15-14-7-8-2-1-3-9(16)6-8/h1-7,16H,(H,15,17). The highest BCUT2D eigenvalue weighted by Gasteiger charge is 2.06. The fourth-order valence-corrected chi connectivity index (χ4v) is 2.19. The first-order valence-electron chi connectivity index (χ1n) is 5.03. The van der Waals surface area contributed by atoms with Gasteiger partial charge in [-0.1, -0.05) is 23.7 Å². The zero-order chi connectivity index (χ0) is 13.0. The molecule has 0 fully saturated rings. The van der Waals surface area contributed by atoms with Crippen LogP contribution in [0.2, 0.25) is 4.34 Å². The zero-order valence-corrected chi connectivity index (χ0v) is 10.7. The first-order chi connectivity index (χ1) is 8.65. The summed E-state index contributed by atoms with van der Waals surface area (Å²) in [4.78, 5) is 12.1. The van der Waals surface area contributed by atoms with Gasteiger partial charge in [-0.05, 0) is 29.8 Å². The molecule has 1 heterocycles. The number of nitrogens with one attached hydrogen (secondary N) is 1. The third-order valence-corrected chi connectivity index (χ3v) is 3.28. The Hall–Kier alpha value is -1.85. The number of nitrogens with zero attached hydrogens (tertiary/aromatic N) is 1. The molecule has 0 unspecified atom stereocenters. The molecule has 6 heteroatoms. The molecule has 0 radical (unpaired) electrons. The van der Waals surface area contributed by atoms with Crippen molar-refractivity contribution in [3.63, 3.8) is 0 Å². The predicted octanol–water partition coefficient (Wildman–Crippen LogP) is 2.87. The van der Waals surface area contributed by atoms with E-state index in [2.05, 4.69) is 10.5 Å². The number of hydrogen-bond donors (Lipinski definition) is 2. The molecule has 4 nitrogen and oxygen atoms in total. The molecule has 0 saturated heterocycles.